The first-order chi connectivity index (χ1) is 9.90. The summed E-state index contributed by atoms with van der Waals surface area (Å²) in [5.74, 6) is 0. The van der Waals surface area contributed by atoms with E-state index in [2.05, 4.69) is 81.8 Å². The summed E-state index contributed by atoms with van der Waals surface area (Å²) >= 11 is 0. The van der Waals surface area contributed by atoms with Gasteiger partial charge in [-0.15, -0.1) is 26.3 Å². The summed E-state index contributed by atoms with van der Waals surface area (Å²) < 4.78 is 0. The van der Waals surface area contributed by atoms with E-state index in [0.717, 1.165) is 6.42 Å². The largest absolute Gasteiger partial charge is 0.106 e. The summed E-state index contributed by atoms with van der Waals surface area (Å²) in [6.45, 7) is 18.2. The second kappa shape index (κ2) is 15.0. The second-order valence-corrected chi connectivity index (χ2v) is 3.42. The molecule has 0 atom stereocenters. The van der Waals surface area contributed by atoms with Gasteiger partial charge in [0.15, 0.2) is 0 Å². The molecule has 0 radical (unpaired) electrons. The van der Waals surface area contributed by atoms with Crippen molar-refractivity contribution >= 4 is 0 Å². The highest BCUT2D eigenvalue weighted by Crippen LogP contribution is 2.19. The molecule has 0 aliphatic rings. The van der Waals surface area contributed by atoms with Crippen molar-refractivity contribution in [2.45, 2.75) is 27.2 Å². The molecule has 108 valence electrons. The monoisotopic (exact) mass is 268 g/mol. The Labute approximate surface area is 125 Å². The van der Waals surface area contributed by atoms with Crippen molar-refractivity contribution in [3.8, 4) is 11.1 Å². The van der Waals surface area contributed by atoms with Crippen LogP contribution in [0.5, 0.6) is 0 Å². The molecule has 0 unspecified atom stereocenters. The molecule has 0 saturated carbocycles. The first-order valence-corrected chi connectivity index (χ1v) is 7.04. The standard InChI is InChI=1S/C14H14.C2H6.2C2H4/c1-2-12-8-10-14(11-9-12)13-6-4-3-5-7-13;3*1-2/h3-11H,2H2,1H3;1-2H3;2*1-2H2. The van der Waals surface area contributed by atoms with Crippen molar-refractivity contribution in [1.29, 1.82) is 0 Å². The van der Waals surface area contributed by atoms with Crippen molar-refractivity contribution < 1.29 is 0 Å². The number of rotatable bonds is 2. The Balaban J connectivity index is 0. The van der Waals surface area contributed by atoms with Crippen LogP contribution in [-0.2, 0) is 6.42 Å². The number of aryl methyl sites for hydroxylation is 1. The van der Waals surface area contributed by atoms with E-state index in [0.29, 0.717) is 0 Å². The molecule has 0 aliphatic heterocycles. The van der Waals surface area contributed by atoms with E-state index in [1.807, 2.05) is 19.9 Å². The number of benzene rings is 2. The molecule has 0 amide bonds. The second-order valence-electron chi connectivity index (χ2n) is 3.42. The van der Waals surface area contributed by atoms with Gasteiger partial charge in [-0.2, -0.15) is 0 Å². The van der Waals surface area contributed by atoms with Crippen LogP contribution < -0.4 is 0 Å². The lowest BCUT2D eigenvalue weighted by atomic mass is 10.0. The summed E-state index contributed by atoms with van der Waals surface area (Å²) in [7, 11) is 0. The minimum atomic E-state index is 1.11. The molecule has 2 aromatic rings. The molecular weight excluding hydrogens is 240 g/mol. The van der Waals surface area contributed by atoms with Crippen LogP contribution in [0.15, 0.2) is 80.9 Å². The van der Waals surface area contributed by atoms with Crippen molar-refractivity contribution in [3.05, 3.63) is 86.5 Å². The summed E-state index contributed by atoms with van der Waals surface area (Å²) in [4.78, 5) is 0. The van der Waals surface area contributed by atoms with Crippen LogP contribution in [0.1, 0.15) is 26.3 Å². The van der Waals surface area contributed by atoms with E-state index in [4.69, 9.17) is 0 Å². The molecule has 2 aromatic carbocycles. The summed E-state index contributed by atoms with van der Waals surface area (Å²) in [5, 5.41) is 0. The summed E-state index contributed by atoms with van der Waals surface area (Å²) in [6.07, 6.45) is 1.11. The van der Waals surface area contributed by atoms with E-state index in [9.17, 15) is 0 Å². The van der Waals surface area contributed by atoms with Crippen molar-refractivity contribution in [2.75, 3.05) is 0 Å². The first kappa shape index (κ1) is 20.2. The van der Waals surface area contributed by atoms with Gasteiger partial charge in [-0.1, -0.05) is 75.4 Å². The van der Waals surface area contributed by atoms with Gasteiger partial charge in [-0.3, -0.25) is 0 Å². The molecule has 0 heterocycles. The molecule has 0 spiro atoms. The predicted octanol–water partition coefficient (Wildman–Crippen LogP) is 6.55. The average Bonchev–Trinajstić information content (AvgIpc) is 2.61. The fourth-order valence-corrected chi connectivity index (χ4v) is 1.56. The minimum absolute atomic E-state index is 1.11. The maximum Gasteiger partial charge on any atom is -0.0184 e. The van der Waals surface area contributed by atoms with Gasteiger partial charge in [0, 0.05) is 0 Å². The fourth-order valence-electron chi connectivity index (χ4n) is 1.56. The van der Waals surface area contributed by atoms with Crippen LogP contribution in [0.4, 0.5) is 0 Å². The average molecular weight is 268 g/mol. The highest BCUT2D eigenvalue weighted by molar-refractivity contribution is 5.63. The maximum absolute atomic E-state index is 3.00. The maximum atomic E-state index is 3.00. The molecule has 20 heavy (non-hydrogen) atoms. The zero-order valence-electron chi connectivity index (χ0n) is 13.2. The van der Waals surface area contributed by atoms with E-state index < -0.39 is 0 Å². The van der Waals surface area contributed by atoms with Gasteiger partial charge < -0.3 is 0 Å². The van der Waals surface area contributed by atoms with Crippen LogP contribution in [0.3, 0.4) is 0 Å². The quantitative estimate of drug-likeness (QED) is 0.542. The fraction of sp³-hybridized carbons (Fsp3) is 0.200. The van der Waals surface area contributed by atoms with E-state index in [1.54, 1.807) is 0 Å². The third-order valence-electron chi connectivity index (χ3n) is 2.47. The zero-order valence-corrected chi connectivity index (χ0v) is 13.2. The predicted molar refractivity (Wildman–Crippen MR) is 95.1 cm³/mol. The highest BCUT2D eigenvalue weighted by Gasteiger charge is 1.95. The Morgan fingerprint density at radius 2 is 1.05 bits per heavy atom. The Morgan fingerprint density at radius 3 is 1.45 bits per heavy atom. The van der Waals surface area contributed by atoms with Gasteiger partial charge in [0.1, 0.15) is 0 Å². The Bertz CT molecular complexity index is 410. The van der Waals surface area contributed by atoms with Crippen molar-refractivity contribution in [1.82, 2.24) is 0 Å². The lowest BCUT2D eigenvalue weighted by molar-refractivity contribution is 1.14. The molecule has 0 saturated heterocycles. The molecule has 0 fully saturated rings. The lowest BCUT2D eigenvalue weighted by Gasteiger charge is -2.02. The zero-order chi connectivity index (χ0) is 15.8. The molecule has 0 aliphatic carbocycles. The Hall–Kier alpha value is -2.08. The minimum Gasteiger partial charge on any atom is -0.106 e. The van der Waals surface area contributed by atoms with Crippen LogP contribution >= 0.6 is 0 Å². The normalized spacial score (nSPS) is 7.75. The Kier molecular flexibility index (Phi) is 15.2. The molecule has 0 bridgehead atoms. The van der Waals surface area contributed by atoms with Crippen LogP contribution in [0.25, 0.3) is 11.1 Å². The van der Waals surface area contributed by atoms with Gasteiger partial charge in [-0.25, -0.2) is 0 Å². The van der Waals surface area contributed by atoms with Gasteiger partial charge in [0.2, 0.25) is 0 Å². The van der Waals surface area contributed by atoms with Gasteiger partial charge in [0.05, 0.1) is 0 Å². The SMILES string of the molecule is C=C.C=C.CC.CCc1ccc(-c2ccccc2)cc1. The smallest absolute Gasteiger partial charge is 0.0184 e. The molecule has 0 N–H and O–H groups in total. The summed E-state index contributed by atoms with van der Waals surface area (Å²) in [5.41, 5.74) is 3.97. The molecule has 0 aromatic heterocycles. The third-order valence-corrected chi connectivity index (χ3v) is 2.47. The van der Waals surface area contributed by atoms with Gasteiger partial charge in [0.25, 0.3) is 0 Å². The van der Waals surface area contributed by atoms with E-state index in [1.165, 1.54) is 16.7 Å². The summed E-state index contributed by atoms with van der Waals surface area (Å²) in [6, 6.07) is 19.2. The van der Waals surface area contributed by atoms with Crippen LogP contribution in [-0.4, -0.2) is 0 Å². The van der Waals surface area contributed by atoms with Crippen LogP contribution in [0.2, 0.25) is 0 Å². The third kappa shape index (κ3) is 7.38. The highest BCUT2D eigenvalue weighted by atomic mass is 14.0. The number of hydrogen-bond donors (Lipinski definition) is 0. The molecule has 0 nitrogen and oxygen atoms in total. The van der Waals surface area contributed by atoms with E-state index >= 15 is 0 Å². The van der Waals surface area contributed by atoms with Crippen molar-refractivity contribution in [2.24, 2.45) is 0 Å². The number of hydrogen-bond acceptors (Lipinski definition) is 0. The topological polar surface area (TPSA) is 0 Å². The molecular formula is C20H28. The molecule has 0 heteroatoms. The van der Waals surface area contributed by atoms with Gasteiger partial charge in [-0.05, 0) is 23.1 Å². The lowest BCUT2D eigenvalue weighted by Crippen LogP contribution is -1.80. The first-order valence-electron chi connectivity index (χ1n) is 7.04. The van der Waals surface area contributed by atoms with Crippen molar-refractivity contribution in [3.63, 3.8) is 0 Å². The van der Waals surface area contributed by atoms with Gasteiger partial charge >= 0.3 is 0 Å². The Morgan fingerprint density at radius 1 is 0.650 bits per heavy atom. The molecule has 2 rings (SSSR count). The van der Waals surface area contributed by atoms with E-state index in [-0.39, 0.29) is 0 Å². The van der Waals surface area contributed by atoms with Crippen LogP contribution in [0, 0.1) is 0 Å².